The Labute approximate surface area is 155 Å². The van der Waals surface area contributed by atoms with Crippen LogP contribution in [0.3, 0.4) is 0 Å². The standard InChI is InChI=1S/C18H17ClN2O5/c1-25-15-6-4-3-5-12(15)10-20-16(22)17(23)21-14-9-11(18(24)26-2)7-8-13(14)19/h3-9H,10H2,1-2H3,(H,20,22)(H,21,23). The Hall–Kier alpha value is -3.06. The van der Waals surface area contributed by atoms with E-state index in [1.807, 2.05) is 0 Å². The minimum absolute atomic E-state index is 0.117. The molecule has 2 aromatic rings. The average molecular weight is 377 g/mol. The summed E-state index contributed by atoms with van der Waals surface area (Å²) >= 11 is 5.99. The van der Waals surface area contributed by atoms with Crippen LogP contribution in [-0.4, -0.2) is 32.0 Å². The van der Waals surface area contributed by atoms with E-state index in [4.69, 9.17) is 16.3 Å². The second kappa shape index (κ2) is 8.87. The van der Waals surface area contributed by atoms with E-state index >= 15 is 0 Å². The first-order chi connectivity index (χ1) is 12.5. The zero-order valence-electron chi connectivity index (χ0n) is 14.2. The quantitative estimate of drug-likeness (QED) is 0.617. The topological polar surface area (TPSA) is 93.7 Å². The maximum atomic E-state index is 12.1. The number of benzene rings is 2. The van der Waals surface area contributed by atoms with Crippen molar-refractivity contribution in [2.24, 2.45) is 0 Å². The molecule has 2 N–H and O–H groups in total. The van der Waals surface area contributed by atoms with Crippen molar-refractivity contribution in [1.82, 2.24) is 5.32 Å². The van der Waals surface area contributed by atoms with Crippen molar-refractivity contribution in [1.29, 1.82) is 0 Å². The highest BCUT2D eigenvalue weighted by molar-refractivity contribution is 6.41. The van der Waals surface area contributed by atoms with Gasteiger partial charge in [-0.15, -0.1) is 0 Å². The van der Waals surface area contributed by atoms with E-state index in [9.17, 15) is 14.4 Å². The molecule has 0 heterocycles. The molecule has 0 aliphatic carbocycles. The Bertz CT molecular complexity index is 838. The van der Waals surface area contributed by atoms with Crippen LogP contribution in [0.2, 0.25) is 5.02 Å². The van der Waals surface area contributed by atoms with Gasteiger partial charge in [0.05, 0.1) is 30.5 Å². The van der Waals surface area contributed by atoms with Gasteiger partial charge < -0.3 is 20.1 Å². The maximum Gasteiger partial charge on any atom is 0.337 e. The number of carbonyl (C=O) groups is 3. The Morgan fingerprint density at radius 3 is 2.46 bits per heavy atom. The van der Waals surface area contributed by atoms with Gasteiger partial charge in [-0.05, 0) is 24.3 Å². The van der Waals surface area contributed by atoms with E-state index in [0.717, 1.165) is 5.56 Å². The molecule has 0 atom stereocenters. The van der Waals surface area contributed by atoms with Gasteiger partial charge in [0.15, 0.2) is 0 Å². The molecular formula is C18H17ClN2O5. The third kappa shape index (κ3) is 4.73. The lowest BCUT2D eigenvalue weighted by atomic mass is 10.2. The molecule has 0 radical (unpaired) electrons. The SMILES string of the molecule is COC(=O)c1ccc(Cl)c(NC(=O)C(=O)NCc2ccccc2OC)c1. The first kappa shape index (κ1) is 19.3. The zero-order chi connectivity index (χ0) is 19.1. The Balaban J connectivity index is 2.03. The van der Waals surface area contributed by atoms with E-state index < -0.39 is 17.8 Å². The summed E-state index contributed by atoms with van der Waals surface area (Å²) in [5.74, 6) is -1.75. The largest absolute Gasteiger partial charge is 0.496 e. The fourth-order valence-corrected chi connectivity index (χ4v) is 2.31. The summed E-state index contributed by atoms with van der Waals surface area (Å²) in [6.07, 6.45) is 0. The molecule has 0 fully saturated rings. The van der Waals surface area contributed by atoms with Gasteiger partial charge in [-0.3, -0.25) is 9.59 Å². The summed E-state index contributed by atoms with van der Waals surface area (Å²) in [5.41, 5.74) is 1.05. The van der Waals surface area contributed by atoms with Crippen LogP contribution >= 0.6 is 11.6 Å². The van der Waals surface area contributed by atoms with Gasteiger partial charge in [0.25, 0.3) is 0 Å². The fourth-order valence-electron chi connectivity index (χ4n) is 2.15. The molecule has 26 heavy (non-hydrogen) atoms. The molecule has 136 valence electrons. The van der Waals surface area contributed by atoms with Gasteiger partial charge in [0.2, 0.25) is 0 Å². The van der Waals surface area contributed by atoms with Crippen molar-refractivity contribution in [2.75, 3.05) is 19.5 Å². The van der Waals surface area contributed by atoms with Gasteiger partial charge in [0.1, 0.15) is 5.75 Å². The highest BCUT2D eigenvalue weighted by Gasteiger charge is 2.17. The lowest BCUT2D eigenvalue weighted by Gasteiger charge is -2.11. The molecular weight excluding hydrogens is 360 g/mol. The van der Waals surface area contributed by atoms with E-state index in [-0.39, 0.29) is 22.8 Å². The predicted molar refractivity (Wildman–Crippen MR) is 96.3 cm³/mol. The van der Waals surface area contributed by atoms with Crippen LogP contribution in [0.15, 0.2) is 42.5 Å². The summed E-state index contributed by atoms with van der Waals surface area (Å²) in [7, 11) is 2.75. The Kier molecular flexibility index (Phi) is 6.57. The van der Waals surface area contributed by atoms with E-state index in [2.05, 4.69) is 15.4 Å². The van der Waals surface area contributed by atoms with E-state index in [1.54, 1.807) is 24.3 Å². The number of nitrogens with one attached hydrogen (secondary N) is 2. The van der Waals surface area contributed by atoms with Crippen LogP contribution in [0.5, 0.6) is 5.75 Å². The lowest BCUT2D eigenvalue weighted by Crippen LogP contribution is -2.35. The third-order valence-corrected chi connectivity index (χ3v) is 3.80. The van der Waals surface area contributed by atoms with Crippen LogP contribution in [0.1, 0.15) is 15.9 Å². The summed E-state index contributed by atoms with van der Waals surface area (Å²) in [6.45, 7) is 0.117. The number of carbonyl (C=O) groups excluding carboxylic acids is 3. The van der Waals surface area contributed by atoms with Gasteiger partial charge in [-0.1, -0.05) is 29.8 Å². The number of amides is 2. The van der Waals surface area contributed by atoms with Gasteiger partial charge in [-0.25, -0.2) is 4.79 Å². The van der Waals surface area contributed by atoms with Crippen molar-refractivity contribution in [2.45, 2.75) is 6.54 Å². The number of anilines is 1. The van der Waals surface area contributed by atoms with E-state index in [0.29, 0.717) is 5.75 Å². The van der Waals surface area contributed by atoms with Crippen LogP contribution < -0.4 is 15.4 Å². The van der Waals surface area contributed by atoms with Crippen molar-refractivity contribution in [3.05, 3.63) is 58.6 Å². The summed E-state index contributed by atoms with van der Waals surface area (Å²) in [5, 5.41) is 5.05. The highest BCUT2D eigenvalue weighted by atomic mass is 35.5. The summed E-state index contributed by atoms with van der Waals surface area (Å²) < 4.78 is 9.79. The average Bonchev–Trinajstić information content (AvgIpc) is 2.67. The molecule has 0 bridgehead atoms. The number of hydrogen-bond donors (Lipinski definition) is 2. The van der Waals surface area contributed by atoms with Crippen molar-refractivity contribution in [3.63, 3.8) is 0 Å². The van der Waals surface area contributed by atoms with Crippen LogP contribution in [0.4, 0.5) is 5.69 Å². The monoisotopic (exact) mass is 376 g/mol. The van der Waals surface area contributed by atoms with Crippen LogP contribution in [0, 0.1) is 0 Å². The van der Waals surface area contributed by atoms with Crippen molar-refractivity contribution >= 4 is 35.1 Å². The molecule has 0 aromatic heterocycles. The van der Waals surface area contributed by atoms with Crippen LogP contribution in [0.25, 0.3) is 0 Å². The van der Waals surface area contributed by atoms with Crippen molar-refractivity contribution < 1.29 is 23.9 Å². The number of ether oxygens (including phenoxy) is 2. The minimum Gasteiger partial charge on any atom is -0.496 e. The molecule has 0 saturated heterocycles. The third-order valence-electron chi connectivity index (χ3n) is 3.47. The molecule has 2 aromatic carbocycles. The second-order valence-electron chi connectivity index (χ2n) is 5.13. The first-order valence-electron chi connectivity index (χ1n) is 7.55. The van der Waals surface area contributed by atoms with Crippen molar-refractivity contribution in [3.8, 4) is 5.75 Å². The first-order valence-corrected chi connectivity index (χ1v) is 7.93. The number of para-hydroxylation sites is 1. The fraction of sp³-hybridized carbons (Fsp3) is 0.167. The zero-order valence-corrected chi connectivity index (χ0v) is 14.9. The van der Waals surface area contributed by atoms with Crippen LogP contribution in [-0.2, 0) is 20.9 Å². The Morgan fingerprint density at radius 2 is 1.77 bits per heavy atom. The molecule has 0 aliphatic rings. The molecule has 0 saturated carbocycles. The number of hydrogen-bond acceptors (Lipinski definition) is 5. The number of esters is 1. The molecule has 0 spiro atoms. The molecule has 8 heteroatoms. The molecule has 7 nitrogen and oxygen atoms in total. The molecule has 2 rings (SSSR count). The molecule has 2 amide bonds. The smallest absolute Gasteiger partial charge is 0.337 e. The minimum atomic E-state index is -0.913. The molecule has 0 unspecified atom stereocenters. The van der Waals surface area contributed by atoms with Gasteiger partial charge in [0, 0.05) is 12.1 Å². The normalized spacial score (nSPS) is 9.96. The lowest BCUT2D eigenvalue weighted by molar-refractivity contribution is -0.136. The van der Waals surface area contributed by atoms with Gasteiger partial charge in [-0.2, -0.15) is 0 Å². The van der Waals surface area contributed by atoms with Gasteiger partial charge >= 0.3 is 17.8 Å². The number of halogens is 1. The summed E-state index contributed by atoms with van der Waals surface area (Å²) in [4.78, 5) is 35.6. The maximum absolute atomic E-state index is 12.1. The predicted octanol–water partition coefficient (Wildman–Crippen LogP) is 2.39. The van der Waals surface area contributed by atoms with E-state index in [1.165, 1.54) is 32.4 Å². The summed E-state index contributed by atoms with van der Waals surface area (Å²) in [6, 6.07) is 11.3. The Morgan fingerprint density at radius 1 is 1.04 bits per heavy atom. The highest BCUT2D eigenvalue weighted by Crippen LogP contribution is 2.23. The number of rotatable bonds is 5. The second-order valence-corrected chi connectivity index (χ2v) is 5.54. The number of methoxy groups -OCH3 is 2. The molecule has 0 aliphatic heterocycles.